The van der Waals surface area contributed by atoms with Crippen LogP contribution in [0.1, 0.15) is 15.2 Å². The lowest BCUT2D eigenvalue weighted by molar-refractivity contribution is -0.384. The van der Waals surface area contributed by atoms with Gasteiger partial charge in [0.2, 0.25) is 0 Å². The van der Waals surface area contributed by atoms with Gasteiger partial charge in [0.05, 0.1) is 16.1 Å². The Labute approximate surface area is 157 Å². The number of benzene rings is 2. The fraction of sp³-hybridized carbons (Fsp3) is 0.0526. The molecule has 2 aromatic heterocycles. The number of aryl methyl sites for hydroxylation is 1. The molecular weight excluding hydrogens is 364 g/mol. The molecule has 7 nitrogen and oxygen atoms in total. The Bertz CT molecular complexity index is 1230. The number of amides is 1. The Balaban J connectivity index is 1.73. The molecule has 4 rings (SSSR count). The number of nitrogens with zero attached hydrogens (tertiary/aromatic N) is 2. The van der Waals surface area contributed by atoms with Crippen LogP contribution in [0.3, 0.4) is 0 Å². The molecule has 0 unspecified atom stereocenters. The second-order valence-electron chi connectivity index (χ2n) is 6.14. The van der Waals surface area contributed by atoms with Crippen LogP contribution in [-0.2, 0) is 0 Å². The van der Waals surface area contributed by atoms with Crippen molar-refractivity contribution in [2.75, 3.05) is 11.1 Å². The van der Waals surface area contributed by atoms with E-state index in [-0.39, 0.29) is 5.69 Å². The number of nitro groups is 1. The molecule has 8 heteroatoms. The summed E-state index contributed by atoms with van der Waals surface area (Å²) in [6.45, 7) is 2.00. The topological polar surface area (TPSA) is 111 Å². The quantitative estimate of drug-likeness (QED) is 0.403. The number of hydrogen-bond donors (Lipinski definition) is 2. The van der Waals surface area contributed by atoms with E-state index < -0.39 is 10.8 Å². The summed E-state index contributed by atoms with van der Waals surface area (Å²) in [5.41, 5.74) is 8.74. The van der Waals surface area contributed by atoms with E-state index in [0.717, 1.165) is 21.9 Å². The maximum absolute atomic E-state index is 12.7. The fourth-order valence-electron chi connectivity index (χ4n) is 2.88. The highest BCUT2D eigenvalue weighted by Crippen LogP contribution is 2.35. The molecular formula is C19H14N4O3S. The number of aromatic nitrogens is 1. The van der Waals surface area contributed by atoms with Gasteiger partial charge in [-0.3, -0.25) is 14.9 Å². The second-order valence-corrected chi connectivity index (χ2v) is 7.14. The number of carbonyl (C=O) groups excluding carboxylic acids is 1. The molecule has 0 spiro atoms. The van der Waals surface area contributed by atoms with E-state index >= 15 is 0 Å². The number of non-ortho nitro benzene ring substituents is 1. The van der Waals surface area contributed by atoms with Gasteiger partial charge in [-0.1, -0.05) is 17.7 Å². The summed E-state index contributed by atoms with van der Waals surface area (Å²) in [6.07, 6.45) is 0. The number of pyridine rings is 1. The van der Waals surface area contributed by atoms with Crippen LogP contribution < -0.4 is 11.1 Å². The van der Waals surface area contributed by atoms with Gasteiger partial charge in [-0.15, -0.1) is 11.3 Å². The zero-order valence-corrected chi connectivity index (χ0v) is 15.0. The minimum Gasteiger partial charge on any atom is -0.397 e. The Morgan fingerprint density at radius 1 is 1.22 bits per heavy atom. The number of nitro benzene ring substituents is 1. The van der Waals surface area contributed by atoms with Crippen LogP contribution in [0, 0.1) is 17.0 Å². The molecule has 0 saturated heterocycles. The molecule has 0 radical (unpaired) electrons. The van der Waals surface area contributed by atoms with Gasteiger partial charge in [0.1, 0.15) is 9.71 Å². The van der Waals surface area contributed by atoms with E-state index in [0.29, 0.717) is 21.1 Å². The van der Waals surface area contributed by atoms with Gasteiger partial charge in [0.25, 0.3) is 11.6 Å². The van der Waals surface area contributed by atoms with Crippen LogP contribution in [0.25, 0.3) is 21.1 Å². The molecule has 1 amide bonds. The van der Waals surface area contributed by atoms with E-state index in [1.807, 2.05) is 31.2 Å². The van der Waals surface area contributed by atoms with Crippen molar-refractivity contribution < 1.29 is 9.72 Å². The number of hydrogen-bond acceptors (Lipinski definition) is 6. The van der Waals surface area contributed by atoms with Gasteiger partial charge in [0, 0.05) is 28.6 Å². The Kier molecular flexibility index (Phi) is 3.97. The fourth-order valence-corrected chi connectivity index (χ4v) is 3.86. The van der Waals surface area contributed by atoms with Crippen LogP contribution in [0.4, 0.5) is 17.1 Å². The summed E-state index contributed by atoms with van der Waals surface area (Å²) < 4.78 is 0. The van der Waals surface area contributed by atoms with Crippen molar-refractivity contribution in [1.82, 2.24) is 4.98 Å². The summed E-state index contributed by atoms with van der Waals surface area (Å²) >= 11 is 1.20. The average molecular weight is 378 g/mol. The van der Waals surface area contributed by atoms with Crippen molar-refractivity contribution in [2.45, 2.75) is 6.92 Å². The van der Waals surface area contributed by atoms with Gasteiger partial charge in [0.15, 0.2) is 0 Å². The monoisotopic (exact) mass is 378 g/mol. The predicted molar refractivity (Wildman–Crippen MR) is 107 cm³/mol. The molecule has 0 atom stereocenters. The van der Waals surface area contributed by atoms with Gasteiger partial charge in [-0.05, 0) is 31.2 Å². The molecule has 2 heterocycles. The van der Waals surface area contributed by atoms with Crippen molar-refractivity contribution in [3.8, 4) is 0 Å². The molecule has 0 aliphatic heterocycles. The number of nitrogens with two attached hydrogens (primary N) is 1. The lowest BCUT2D eigenvalue weighted by atomic mass is 10.1. The molecule has 4 aromatic rings. The average Bonchev–Trinajstić information content (AvgIpc) is 2.96. The number of rotatable bonds is 3. The van der Waals surface area contributed by atoms with E-state index in [1.165, 1.54) is 29.5 Å². The summed E-state index contributed by atoms with van der Waals surface area (Å²) in [5, 5.41) is 15.2. The third-order valence-electron chi connectivity index (χ3n) is 4.19. The highest BCUT2D eigenvalue weighted by molar-refractivity contribution is 7.21. The zero-order valence-electron chi connectivity index (χ0n) is 14.2. The van der Waals surface area contributed by atoms with E-state index in [1.54, 1.807) is 6.07 Å². The number of thiophene rings is 1. The minimum atomic E-state index is -0.513. The number of nitrogen functional groups attached to an aromatic ring is 1. The SMILES string of the molecule is Cc1ccc2nc3sc(C(=O)Nc4cccc([N+](=O)[O-])c4)c(N)c3cc2c1. The highest BCUT2D eigenvalue weighted by Gasteiger charge is 2.19. The molecule has 27 heavy (non-hydrogen) atoms. The highest BCUT2D eigenvalue weighted by atomic mass is 32.1. The van der Waals surface area contributed by atoms with Crippen molar-refractivity contribution >= 4 is 55.4 Å². The van der Waals surface area contributed by atoms with E-state index in [2.05, 4.69) is 10.3 Å². The first-order valence-electron chi connectivity index (χ1n) is 8.07. The summed E-state index contributed by atoms with van der Waals surface area (Å²) in [6, 6.07) is 13.6. The van der Waals surface area contributed by atoms with Crippen molar-refractivity contribution in [3.63, 3.8) is 0 Å². The predicted octanol–water partition coefficient (Wildman–Crippen LogP) is 4.50. The van der Waals surface area contributed by atoms with Gasteiger partial charge in [-0.25, -0.2) is 4.98 Å². The van der Waals surface area contributed by atoms with E-state index in [4.69, 9.17) is 5.73 Å². The first-order chi connectivity index (χ1) is 12.9. The van der Waals surface area contributed by atoms with Gasteiger partial charge >= 0.3 is 0 Å². The van der Waals surface area contributed by atoms with Gasteiger partial charge in [-0.2, -0.15) is 0 Å². The number of nitrogens with one attached hydrogen (secondary N) is 1. The number of anilines is 2. The third kappa shape index (κ3) is 3.06. The van der Waals surface area contributed by atoms with Crippen LogP contribution >= 0.6 is 11.3 Å². The minimum absolute atomic E-state index is 0.0969. The molecule has 3 N–H and O–H groups in total. The van der Waals surface area contributed by atoms with E-state index in [9.17, 15) is 14.9 Å². The first kappa shape index (κ1) is 16.9. The molecule has 0 aliphatic rings. The zero-order chi connectivity index (χ0) is 19.1. The standard InChI is InChI=1S/C19H14N4O3S/c1-10-5-6-15-11(7-10)8-14-16(20)17(27-19(14)22-15)18(24)21-12-3-2-4-13(9-12)23(25)26/h2-9H,20H2,1H3,(H,21,24). The first-order valence-corrected chi connectivity index (χ1v) is 8.89. The molecule has 0 saturated carbocycles. The lowest BCUT2D eigenvalue weighted by Crippen LogP contribution is -2.12. The maximum atomic E-state index is 12.7. The van der Waals surface area contributed by atoms with Crippen LogP contribution in [0.15, 0.2) is 48.5 Å². The molecule has 0 bridgehead atoms. The lowest BCUT2D eigenvalue weighted by Gasteiger charge is -2.04. The van der Waals surface area contributed by atoms with Gasteiger partial charge < -0.3 is 11.1 Å². The Hall–Kier alpha value is -3.52. The van der Waals surface area contributed by atoms with Crippen molar-refractivity contribution in [2.24, 2.45) is 0 Å². The normalized spacial score (nSPS) is 11.0. The molecule has 2 aromatic carbocycles. The van der Waals surface area contributed by atoms with Crippen molar-refractivity contribution in [1.29, 1.82) is 0 Å². The molecule has 0 aliphatic carbocycles. The smallest absolute Gasteiger partial charge is 0.271 e. The summed E-state index contributed by atoms with van der Waals surface area (Å²) in [5.74, 6) is -0.420. The maximum Gasteiger partial charge on any atom is 0.271 e. The summed E-state index contributed by atoms with van der Waals surface area (Å²) in [4.78, 5) is 28.6. The molecule has 0 fully saturated rings. The largest absolute Gasteiger partial charge is 0.397 e. The number of carbonyl (C=O) groups is 1. The van der Waals surface area contributed by atoms with Crippen LogP contribution in [0.5, 0.6) is 0 Å². The molecule has 134 valence electrons. The van der Waals surface area contributed by atoms with Crippen LogP contribution in [0.2, 0.25) is 0 Å². The Morgan fingerprint density at radius 2 is 2.04 bits per heavy atom. The third-order valence-corrected chi connectivity index (χ3v) is 5.30. The van der Waals surface area contributed by atoms with Crippen LogP contribution in [-0.4, -0.2) is 15.8 Å². The second kappa shape index (κ2) is 6.33. The summed E-state index contributed by atoms with van der Waals surface area (Å²) in [7, 11) is 0. The van der Waals surface area contributed by atoms with Crippen molar-refractivity contribution in [3.05, 3.63) is 69.1 Å². The number of fused-ring (bicyclic) bond motifs is 2. The Morgan fingerprint density at radius 3 is 2.81 bits per heavy atom.